The summed E-state index contributed by atoms with van der Waals surface area (Å²) in [5.41, 5.74) is 0.743. The van der Waals surface area contributed by atoms with Gasteiger partial charge in [0.25, 0.3) is 0 Å². The van der Waals surface area contributed by atoms with Crippen molar-refractivity contribution in [3.8, 4) is 11.8 Å². The molecule has 0 aliphatic heterocycles. The topological polar surface area (TPSA) is 47.5 Å². The van der Waals surface area contributed by atoms with E-state index >= 15 is 0 Å². The molecule has 1 rings (SSSR count). The molecule has 0 atom stereocenters. The fraction of sp³-hybridized carbons (Fsp3) is 0.500. The molecule has 5 nitrogen and oxygen atoms in total. The zero-order valence-electron chi connectivity index (χ0n) is 8.24. The van der Waals surface area contributed by atoms with Crippen molar-refractivity contribution < 1.29 is 9.47 Å². The van der Waals surface area contributed by atoms with E-state index < -0.39 is 0 Å². The Morgan fingerprint density at radius 1 is 1.08 bits per heavy atom. The highest BCUT2D eigenvalue weighted by Gasteiger charge is 2.13. The molecular formula is C8H13N3O2. The second kappa shape index (κ2) is 3.93. The van der Waals surface area contributed by atoms with Gasteiger partial charge in [0, 0.05) is 14.1 Å². The van der Waals surface area contributed by atoms with Gasteiger partial charge in [-0.05, 0) is 0 Å². The lowest BCUT2D eigenvalue weighted by Gasteiger charge is -2.16. The summed E-state index contributed by atoms with van der Waals surface area (Å²) < 4.78 is 10.2. The monoisotopic (exact) mass is 183 g/mol. The molecule has 0 spiro atoms. The van der Waals surface area contributed by atoms with Crippen LogP contribution in [0.25, 0.3) is 0 Å². The Morgan fingerprint density at radius 2 is 1.54 bits per heavy atom. The number of methoxy groups -OCH3 is 2. The van der Waals surface area contributed by atoms with Crippen molar-refractivity contribution in [2.24, 2.45) is 0 Å². The maximum Gasteiger partial charge on any atom is 0.244 e. The highest BCUT2D eigenvalue weighted by Crippen LogP contribution is 2.31. The Bertz CT molecular complexity index is 266. The van der Waals surface area contributed by atoms with E-state index in [-0.39, 0.29) is 0 Å². The van der Waals surface area contributed by atoms with Crippen molar-refractivity contribution in [3.63, 3.8) is 0 Å². The van der Waals surface area contributed by atoms with E-state index in [1.807, 2.05) is 19.0 Å². The Labute approximate surface area is 77.3 Å². The predicted octanol–water partition coefficient (Wildman–Crippen LogP) is 0.560. The van der Waals surface area contributed by atoms with Crippen molar-refractivity contribution >= 4 is 5.69 Å². The zero-order valence-corrected chi connectivity index (χ0v) is 8.24. The minimum atomic E-state index is 0.511. The minimum absolute atomic E-state index is 0.511. The van der Waals surface area contributed by atoms with E-state index in [2.05, 4.69) is 9.97 Å². The lowest BCUT2D eigenvalue weighted by atomic mass is 10.4. The van der Waals surface area contributed by atoms with Gasteiger partial charge < -0.3 is 14.4 Å². The number of anilines is 1. The van der Waals surface area contributed by atoms with E-state index in [0.29, 0.717) is 11.8 Å². The predicted molar refractivity (Wildman–Crippen MR) is 49.5 cm³/mol. The van der Waals surface area contributed by atoms with E-state index in [1.165, 1.54) is 6.33 Å². The van der Waals surface area contributed by atoms with Gasteiger partial charge in [-0.15, -0.1) is 0 Å². The summed E-state index contributed by atoms with van der Waals surface area (Å²) in [6.45, 7) is 0. The first-order valence-electron chi connectivity index (χ1n) is 3.81. The average molecular weight is 183 g/mol. The summed E-state index contributed by atoms with van der Waals surface area (Å²) in [5.74, 6) is 1.02. The number of hydrogen-bond donors (Lipinski definition) is 0. The van der Waals surface area contributed by atoms with Crippen LogP contribution >= 0.6 is 0 Å². The summed E-state index contributed by atoms with van der Waals surface area (Å²) in [4.78, 5) is 9.79. The van der Waals surface area contributed by atoms with Gasteiger partial charge in [0.2, 0.25) is 11.8 Å². The third kappa shape index (κ3) is 1.80. The largest absolute Gasteiger partial charge is 0.479 e. The van der Waals surface area contributed by atoms with Gasteiger partial charge in [0.05, 0.1) is 14.2 Å². The third-order valence-corrected chi connectivity index (χ3v) is 1.59. The second-order valence-electron chi connectivity index (χ2n) is 2.64. The highest BCUT2D eigenvalue weighted by atomic mass is 16.5. The Morgan fingerprint density at radius 3 is 1.85 bits per heavy atom. The molecule has 13 heavy (non-hydrogen) atoms. The average Bonchev–Trinajstić information content (AvgIpc) is 2.16. The van der Waals surface area contributed by atoms with E-state index in [4.69, 9.17) is 9.47 Å². The first-order valence-corrected chi connectivity index (χ1v) is 3.81. The van der Waals surface area contributed by atoms with Crippen LogP contribution < -0.4 is 14.4 Å². The van der Waals surface area contributed by atoms with Crippen LogP contribution in [0.3, 0.4) is 0 Å². The smallest absolute Gasteiger partial charge is 0.244 e. The molecule has 0 N–H and O–H groups in total. The van der Waals surface area contributed by atoms with E-state index in [9.17, 15) is 0 Å². The maximum absolute atomic E-state index is 5.08. The standard InChI is InChI=1S/C8H13N3O2/c1-11(2)6-7(12-3)9-5-10-8(6)13-4/h5H,1-4H3. The first kappa shape index (κ1) is 9.57. The molecule has 0 saturated carbocycles. The molecule has 1 aromatic rings. The molecule has 1 aromatic heterocycles. The van der Waals surface area contributed by atoms with Gasteiger partial charge in [0.1, 0.15) is 6.33 Å². The highest BCUT2D eigenvalue weighted by molar-refractivity contribution is 5.61. The Kier molecular flexibility index (Phi) is 2.89. The summed E-state index contributed by atoms with van der Waals surface area (Å²) in [6, 6.07) is 0. The van der Waals surface area contributed by atoms with Gasteiger partial charge in [-0.25, -0.2) is 0 Å². The van der Waals surface area contributed by atoms with Crippen LogP contribution in [0.5, 0.6) is 11.8 Å². The normalized spacial score (nSPS) is 9.54. The van der Waals surface area contributed by atoms with Crippen molar-refractivity contribution in [1.29, 1.82) is 0 Å². The molecular weight excluding hydrogens is 170 g/mol. The molecule has 0 aromatic carbocycles. The first-order chi connectivity index (χ1) is 6.20. The number of nitrogens with zero attached hydrogens (tertiary/aromatic N) is 3. The number of hydrogen-bond acceptors (Lipinski definition) is 5. The molecule has 0 unspecified atom stereocenters. The van der Waals surface area contributed by atoms with Crippen LogP contribution in [0.15, 0.2) is 6.33 Å². The molecule has 5 heteroatoms. The second-order valence-corrected chi connectivity index (χ2v) is 2.64. The minimum Gasteiger partial charge on any atom is -0.479 e. The quantitative estimate of drug-likeness (QED) is 0.685. The number of ether oxygens (including phenoxy) is 2. The zero-order chi connectivity index (χ0) is 9.84. The van der Waals surface area contributed by atoms with Crippen molar-refractivity contribution in [3.05, 3.63) is 6.33 Å². The van der Waals surface area contributed by atoms with Gasteiger partial charge in [-0.1, -0.05) is 0 Å². The molecule has 0 radical (unpaired) electrons. The van der Waals surface area contributed by atoms with Crippen LogP contribution in [0.2, 0.25) is 0 Å². The SMILES string of the molecule is COc1ncnc(OC)c1N(C)C. The fourth-order valence-electron chi connectivity index (χ4n) is 1.03. The molecule has 0 fully saturated rings. The van der Waals surface area contributed by atoms with Crippen molar-refractivity contribution in [2.45, 2.75) is 0 Å². The fourth-order valence-corrected chi connectivity index (χ4v) is 1.03. The number of aromatic nitrogens is 2. The van der Waals surface area contributed by atoms with Gasteiger partial charge in [-0.2, -0.15) is 9.97 Å². The Balaban J connectivity index is 3.21. The van der Waals surface area contributed by atoms with E-state index in [0.717, 1.165) is 5.69 Å². The molecule has 1 heterocycles. The molecule has 0 saturated heterocycles. The maximum atomic E-state index is 5.08. The van der Waals surface area contributed by atoms with Crippen LogP contribution in [0.4, 0.5) is 5.69 Å². The third-order valence-electron chi connectivity index (χ3n) is 1.59. The van der Waals surface area contributed by atoms with Crippen LogP contribution in [-0.4, -0.2) is 38.3 Å². The molecule has 0 bridgehead atoms. The van der Waals surface area contributed by atoms with Crippen LogP contribution in [0.1, 0.15) is 0 Å². The summed E-state index contributed by atoms with van der Waals surface area (Å²) in [5, 5.41) is 0. The molecule has 0 aliphatic carbocycles. The Hall–Kier alpha value is -1.52. The van der Waals surface area contributed by atoms with E-state index in [1.54, 1.807) is 14.2 Å². The molecule has 72 valence electrons. The van der Waals surface area contributed by atoms with Gasteiger partial charge in [-0.3, -0.25) is 0 Å². The van der Waals surface area contributed by atoms with Crippen molar-refractivity contribution in [1.82, 2.24) is 9.97 Å². The summed E-state index contributed by atoms with van der Waals surface area (Å²) in [6.07, 6.45) is 1.41. The molecule has 0 aliphatic rings. The lowest BCUT2D eigenvalue weighted by molar-refractivity contribution is 0.373. The van der Waals surface area contributed by atoms with Crippen molar-refractivity contribution in [2.75, 3.05) is 33.2 Å². The number of rotatable bonds is 3. The van der Waals surface area contributed by atoms with Gasteiger partial charge in [0.15, 0.2) is 5.69 Å². The summed E-state index contributed by atoms with van der Waals surface area (Å²) in [7, 11) is 6.89. The van der Waals surface area contributed by atoms with Crippen LogP contribution in [0, 0.1) is 0 Å². The summed E-state index contributed by atoms with van der Waals surface area (Å²) >= 11 is 0. The molecule has 0 amide bonds. The lowest BCUT2D eigenvalue weighted by Crippen LogP contribution is -2.13. The van der Waals surface area contributed by atoms with Gasteiger partial charge >= 0.3 is 0 Å². The van der Waals surface area contributed by atoms with Crippen LogP contribution in [-0.2, 0) is 0 Å².